The molecule has 4 aliphatic rings. The van der Waals surface area contributed by atoms with Crippen molar-refractivity contribution in [2.75, 3.05) is 37.1 Å². The minimum absolute atomic E-state index is 0.000373. The molecule has 0 unspecified atom stereocenters. The van der Waals surface area contributed by atoms with Gasteiger partial charge >= 0.3 is 146 Å². The van der Waals surface area contributed by atoms with Gasteiger partial charge in [0.15, 0.2) is 24.8 Å². The molecule has 16 N–H and O–H groups in total. The van der Waals surface area contributed by atoms with Gasteiger partial charge in [0.25, 0.3) is 0 Å². The molecule has 66 nitrogen and oxygen atoms in total. The molecule has 2 aromatic carbocycles. The van der Waals surface area contributed by atoms with Crippen LogP contribution in [-0.2, 0) is 242 Å². The predicted molar refractivity (Wildman–Crippen MR) is 397 cm³/mol. The van der Waals surface area contributed by atoms with Gasteiger partial charge in [-0.25, -0.2) is 58.6 Å². The molecule has 0 aliphatic carbocycles. The minimum atomic E-state index is -6.26. The molecular formula is C46H68N2O64S16. The zero-order valence-corrected chi connectivity index (χ0v) is 74.9. The molecule has 0 bridgehead atoms. The predicted octanol–water partition coefficient (Wildman–Crippen LogP) is -5.60. The number of amides is 2. The van der Waals surface area contributed by atoms with Crippen molar-refractivity contribution in [2.24, 2.45) is 0 Å². The lowest BCUT2D eigenvalue weighted by atomic mass is 9.97. The highest BCUT2D eigenvalue weighted by Gasteiger charge is 2.62. The van der Waals surface area contributed by atoms with E-state index in [-0.39, 0.29) is 70.4 Å². The maximum Gasteiger partial charge on any atom is 0.397 e. The molecule has 2 aromatic rings. The van der Waals surface area contributed by atoms with Crippen molar-refractivity contribution in [3.63, 3.8) is 0 Å². The van der Waals surface area contributed by atoms with E-state index in [2.05, 4.69) is 69.2 Å². The number of carbonyl (C=O) groups excluding carboxylic acids is 2. The van der Waals surface area contributed by atoms with E-state index in [1.807, 2.05) is 0 Å². The van der Waals surface area contributed by atoms with Crippen LogP contribution in [0.3, 0.4) is 0 Å². The lowest BCUT2D eigenvalue weighted by molar-refractivity contribution is -0.325. The third-order valence-corrected chi connectivity index (χ3v) is 24.3. The van der Waals surface area contributed by atoms with Crippen molar-refractivity contribution in [2.45, 2.75) is 182 Å². The molecule has 742 valence electrons. The molecule has 82 heteroatoms. The summed E-state index contributed by atoms with van der Waals surface area (Å²) in [6.07, 6.45) is -53.9. The summed E-state index contributed by atoms with van der Waals surface area (Å²) in [5.74, 6) is -1.25. The number of benzene rings is 2. The fraction of sp³-hybridized carbons (Fsp3) is 0.696. The Bertz CT molecular complexity index is 5540. The van der Waals surface area contributed by atoms with Crippen LogP contribution in [0, 0.1) is 0 Å². The fourth-order valence-electron chi connectivity index (χ4n) is 11.4. The van der Waals surface area contributed by atoms with Crippen molar-refractivity contribution in [1.82, 2.24) is 0 Å². The van der Waals surface area contributed by atoms with Gasteiger partial charge in [-0.2, -0.15) is 118 Å². The Morgan fingerprint density at radius 2 is 0.461 bits per heavy atom. The van der Waals surface area contributed by atoms with Crippen LogP contribution in [-0.4, -0.2) is 341 Å². The van der Waals surface area contributed by atoms with Crippen LogP contribution < -0.4 is 10.6 Å². The third kappa shape index (κ3) is 42.5. The highest BCUT2D eigenvalue weighted by Crippen LogP contribution is 2.44. The van der Waals surface area contributed by atoms with E-state index in [4.69, 9.17) is 28.4 Å². The van der Waals surface area contributed by atoms with E-state index in [9.17, 15) is 191 Å². The van der Waals surface area contributed by atoms with Crippen LogP contribution in [0.15, 0.2) is 58.3 Å². The second-order valence-corrected chi connectivity index (χ2v) is 42.3. The van der Waals surface area contributed by atoms with Crippen molar-refractivity contribution in [3.05, 3.63) is 48.5 Å². The monoisotopic (exact) mass is 2180 g/mol. The first-order chi connectivity index (χ1) is 57.9. The number of anilines is 2. The first-order valence-electron chi connectivity index (χ1n) is 33.0. The largest absolute Gasteiger partial charge is 0.397 e. The van der Waals surface area contributed by atoms with Crippen LogP contribution in [0.1, 0.15) is 51.4 Å². The molecule has 0 spiro atoms. The SMILES string of the molecule is O=C(CCCCCCCCC(=O)Nc1ccc(S[C@@H]2O[C@H](COS(=O)(=O)O)[C@@H](O[C@@H]3O[C@H](COS(=O)(=O)O)[C@@H](OS(=O)(=O)O)[C@H](OS(=O)(=O)O)[C@H]3OS(=O)(=O)O)[C@H](OS(=O)(=O)O)[C@H]2OS(=O)(=O)O)cc1)Nc1ccc(S[C@@H]2O[C@H](COS(=O)(=O)O)[C@@H](O[C@@H]3O[C@H](COS(=O)(=O)O)[C@@H](OS(=O)(=O)O)[C@H](OS(=O)(=O)O)[C@H]3OS(=O)(=O)O)[C@H](OS(=O)(=O)O)[C@H]2OS(=O)(=O)O)cc1. The minimum Gasteiger partial charge on any atom is -0.356 e. The van der Waals surface area contributed by atoms with Crippen LogP contribution in [0.25, 0.3) is 0 Å². The molecule has 2 amide bonds. The van der Waals surface area contributed by atoms with Gasteiger partial charge in [0.2, 0.25) is 11.8 Å². The average Bonchev–Trinajstić information content (AvgIpc) is 0.756. The third-order valence-electron chi connectivity index (χ3n) is 15.6. The van der Waals surface area contributed by atoms with Gasteiger partial charge in [0.1, 0.15) is 96.3 Å². The second-order valence-electron chi connectivity index (χ2n) is 25.1. The number of thioether (sulfide) groups is 2. The summed E-state index contributed by atoms with van der Waals surface area (Å²) < 4.78 is 568. The Hall–Kier alpha value is -3.98. The Morgan fingerprint density at radius 1 is 0.258 bits per heavy atom. The number of carbonyl (C=O) groups is 2. The standard InChI is InChI=1S/C46H68N2O64S16/c49-29(47-21-9-13-23(14-10-21)113-45-41(111-127(87,88)89)35(105-121(69,70)71)31(25(99-45)17-93-115(51,52)53)101-43-39(109-125(81,82)83)37(107-123(75,76)77)33(103-119(63,64)65)27(97-43)19-95-117(57,58)59)7-5-3-1-2-4-6-8-30(50)48-22-11-15-24(16-12-22)114-46-42(112-128(90,91)92)36(106-122(72,73)74)32(26(100-46)18-94-116(54,55)56)102-44-40(110-126(84,85)86)38(108-124(78,79)80)34(104-120(66,67)68)28(98-44)20-96-118(60,61)62/h9-16,25-28,31-46H,1-8,17-20H2,(H,47,49)(H,48,50)(H,51,52,53)(H,54,55,56)(H,57,58,59)(H,60,61,62)(H,63,64,65)(H,66,67,68)(H,69,70,71)(H,72,73,74)(H,75,76,77)(H,78,79,80)(H,81,82,83)(H,84,85,86)(H,87,88,89)(H,90,91,92)/t25-,26-,27-,28-,31-,32-,33-,34-,35+,36+,37+,38+,39-,40-,41-,42-,43+,44+,45+,46+/m1/s1. The van der Waals surface area contributed by atoms with Crippen LogP contribution >= 0.6 is 23.5 Å². The van der Waals surface area contributed by atoms with E-state index in [1.165, 1.54) is 0 Å². The van der Waals surface area contributed by atoms with Gasteiger partial charge in [-0.15, -0.1) is 0 Å². The summed E-state index contributed by atoms with van der Waals surface area (Å²) >= 11 is 0.369. The van der Waals surface area contributed by atoms with Gasteiger partial charge in [0, 0.05) is 34.0 Å². The van der Waals surface area contributed by atoms with E-state index in [1.54, 1.807) is 0 Å². The molecule has 4 aliphatic heterocycles. The smallest absolute Gasteiger partial charge is 0.356 e. The molecule has 0 saturated carbocycles. The average molecular weight is 2190 g/mol. The van der Waals surface area contributed by atoms with Crippen molar-refractivity contribution < 1.29 is 278 Å². The van der Waals surface area contributed by atoms with Crippen LogP contribution in [0.4, 0.5) is 11.4 Å². The van der Waals surface area contributed by atoms with Gasteiger partial charge in [-0.05, 0) is 61.4 Å². The second kappa shape index (κ2) is 44.9. The highest BCUT2D eigenvalue weighted by atomic mass is 32.3. The lowest BCUT2D eigenvalue weighted by Crippen LogP contribution is -2.66. The maximum atomic E-state index is 13.1. The van der Waals surface area contributed by atoms with E-state index >= 15 is 0 Å². The maximum absolute atomic E-state index is 13.1. The van der Waals surface area contributed by atoms with E-state index < -0.39 is 305 Å². The molecule has 0 radical (unpaired) electrons. The number of rotatable bonds is 51. The number of ether oxygens (including phenoxy) is 6. The molecule has 6 rings (SSSR count). The summed E-state index contributed by atoms with van der Waals surface area (Å²) in [7, 11) is -84.8. The fourth-order valence-corrected chi connectivity index (χ4v) is 20.0. The molecule has 20 atom stereocenters. The van der Waals surface area contributed by atoms with Crippen molar-refractivity contribution in [1.29, 1.82) is 0 Å². The zero-order chi connectivity index (χ0) is 97.1. The lowest BCUT2D eigenvalue weighted by Gasteiger charge is -2.48. The van der Waals surface area contributed by atoms with E-state index in [0.717, 1.165) is 48.5 Å². The first kappa shape index (κ1) is 113. The van der Waals surface area contributed by atoms with E-state index in [0.29, 0.717) is 25.7 Å². The molecule has 4 saturated heterocycles. The summed E-state index contributed by atoms with van der Waals surface area (Å²) in [4.78, 5) is 25.7. The molecular weight excluding hydrogens is 2120 g/mol. The summed E-state index contributed by atoms with van der Waals surface area (Å²) in [5.41, 5.74) is -4.71. The van der Waals surface area contributed by atoms with Gasteiger partial charge in [0.05, 0.1) is 26.4 Å². The Balaban J connectivity index is 1.12. The normalized spacial score (nSPS) is 28.0. The molecule has 128 heavy (non-hydrogen) atoms. The molecule has 4 heterocycles. The topological polar surface area (TPSA) is 1000 Å². The summed E-state index contributed by atoms with van der Waals surface area (Å²) in [5, 5.41) is 5.03. The van der Waals surface area contributed by atoms with Gasteiger partial charge in [-0.1, -0.05) is 49.2 Å². The van der Waals surface area contributed by atoms with Crippen molar-refractivity contribution >= 4 is 192 Å². The number of hydrogen-bond acceptors (Lipinski definition) is 52. The summed E-state index contributed by atoms with van der Waals surface area (Å²) in [6, 6.07) is 8.95. The van der Waals surface area contributed by atoms with Crippen molar-refractivity contribution in [3.8, 4) is 0 Å². The zero-order valence-electron chi connectivity index (χ0n) is 61.9. The number of unbranched alkanes of at least 4 members (excludes halogenated alkanes) is 5. The van der Waals surface area contributed by atoms with Gasteiger partial charge in [-0.3, -0.25) is 73.3 Å². The first-order valence-corrected chi connectivity index (χ1v) is 53.9. The highest BCUT2D eigenvalue weighted by molar-refractivity contribution is 8.00. The van der Waals surface area contributed by atoms with Gasteiger partial charge < -0.3 is 39.1 Å². The number of nitrogens with one attached hydrogen (secondary N) is 2. The summed E-state index contributed by atoms with van der Waals surface area (Å²) in [6.45, 7) is -7.46. The molecule has 4 fully saturated rings. The molecule has 0 aromatic heterocycles. The Labute approximate surface area is 733 Å². The Morgan fingerprint density at radius 3 is 0.695 bits per heavy atom. The quantitative estimate of drug-likeness (QED) is 0.0217. The Kier molecular flexibility index (Phi) is 39.5. The van der Waals surface area contributed by atoms with Crippen LogP contribution in [0.5, 0.6) is 0 Å². The number of hydrogen-bond donors (Lipinski definition) is 16. The van der Waals surface area contributed by atoms with Crippen LogP contribution in [0.2, 0.25) is 0 Å².